The second-order valence-corrected chi connectivity index (χ2v) is 6.88. The van der Waals surface area contributed by atoms with Crippen LogP contribution in [-0.2, 0) is 30.7 Å². The van der Waals surface area contributed by atoms with E-state index in [9.17, 15) is 29.4 Å². The van der Waals surface area contributed by atoms with Crippen LogP contribution >= 0.6 is 0 Å². The molecule has 1 fully saturated rings. The molecule has 1 unspecified atom stereocenters. The van der Waals surface area contributed by atoms with Crippen molar-refractivity contribution in [3.8, 4) is 0 Å². The van der Waals surface area contributed by atoms with Crippen molar-refractivity contribution in [3.63, 3.8) is 0 Å². The molecule has 9 nitrogen and oxygen atoms in total. The average Bonchev–Trinajstić information content (AvgIpc) is 2.90. The minimum atomic E-state index is -1.68. The molecule has 1 aromatic rings. The minimum absolute atomic E-state index is 0. The first-order valence-electron chi connectivity index (χ1n) is 9.12. The fourth-order valence-electron chi connectivity index (χ4n) is 3.29. The summed E-state index contributed by atoms with van der Waals surface area (Å²) in [4.78, 5) is 46.1. The first kappa shape index (κ1) is 24.9. The fraction of sp³-hybridized carbons (Fsp3) is 0.474. The number of carbonyl (C=O) groups excluding carboxylic acids is 4. The standard InChI is InChI=1S/C13H11NO6.C6H14N2.Pt/c15-10(16)6-5-9(13(19)20)14-11(17)7-3-1-2-4-8(7)12(14)18;7-5-3-1-2-4-6(5)8;/h1-4,9H,5-6H2,(H,15,16)(H,19,20);5-6H,1-4,7-8H2;/q;;+2/p-2/t;5-,6-;/m.1./s1. The Morgan fingerprint density at radius 2 is 1.45 bits per heavy atom. The second kappa shape index (κ2) is 11.2. The Labute approximate surface area is 182 Å². The molecule has 3 atom stereocenters. The van der Waals surface area contributed by atoms with Gasteiger partial charge >= 0.3 is 21.1 Å². The summed E-state index contributed by atoms with van der Waals surface area (Å²) in [6.07, 6.45) is 3.76. The third-order valence-electron chi connectivity index (χ3n) is 4.91. The van der Waals surface area contributed by atoms with Gasteiger partial charge in [-0.25, -0.2) is 0 Å². The minimum Gasteiger partial charge on any atom is -0.550 e. The first-order chi connectivity index (χ1) is 13.2. The fourth-order valence-corrected chi connectivity index (χ4v) is 3.29. The molecular formula is C19H23N3O6Pt. The number of rotatable bonds is 5. The van der Waals surface area contributed by atoms with Crippen molar-refractivity contribution < 1.29 is 50.5 Å². The van der Waals surface area contributed by atoms with Crippen LogP contribution in [-0.4, -0.2) is 46.8 Å². The molecule has 1 heterocycles. The Balaban J connectivity index is 0.000000394. The number of amides is 2. The van der Waals surface area contributed by atoms with E-state index in [-0.39, 0.29) is 44.3 Å². The zero-order valence-electron chi connectivity index (χ0n) is 15.7. The number of fused-ring (bicyclic) bond motifs is 1. The van der Waals surface area contributed by atoms with E-state index in [1.807, 2.05) is 0 Å². The Hall–Kier alpha value is -2.09. The molecule has 0 radical (unpaired) electrons. The molecule has 1 aliphatic carbocycles. The molecule has 160 valence electrons. The van der Waals surface area contributed by atoms with Crippen LogP contribution < -0.4 is 21.7 Å². The molecule has 2 amide bonds. The van der Waals surface area contributed by atoms with Crippen molar-refractivity contribution in [2.45, 2.75) is 56.7 Å². The smallest absolute Gasteiger partial charge is 0.550 e. The van der Waals surface area contributed by atoms with E-state index in [1.165, 1.54) is 25.0 Å². The number of carboxylic acids is 2. The number of nitrogens with zero attached hydrogens (tertiary/aromatic N) is 1. The third-order valence-corrected chi connectivity index (χ3v) is 4.91. The number of nitrogens with two attached hydrogens (primary N) is 2. The number of hydrogen-bond acceptors (Lipinski definition) is 8. The molecule has 0 saturated heterocycles. The van der Waals surface area contributed by atoms with Gasteiger partial charge in [-0.15, -0.1) is 0 Å². The number of hydrogen-bond donors (Lipinski definition) is 2. The maximum Gasteiger partial charge on any atom is 2.00 e. The van der Waals surface area contributed by atoms with Gasteiger partial charge in [0.15, 0.2) is 0 Å². The van der Waals surface area contributed by atoms with Gasteiger partial charge in [0.25, 0.3) is 11.8 Å². The predicted molar refractivity (Wildman–Crippen MR) is 94.4 cm³/mol. The van der Waals surface area contributed by atoms with Crippen molar-refractivity contribution in [1.82, 2.24) is 4.90 Å². The number of carboxylic acid groups (broad SMARTS) is 2. The molecule has 3 rings (SSSR count). The van der Waals surface area contributed by atoms with Gasteiger partial charge in [-0.1, -0.05) is 25.0 Å². The molecule has 1 aliphatic heterocycles. The van der Waals surface area contributed by atoms with Crippen LogP contribution in [0.5, 0.6) is 0 Å². The molecule has 2 aliphatic rings. The number of benzene rings is 1. The van der Waals surface area contributed by atoms with Gasteiger partial charge in [0.1, 0.15) is 0 Å². The van der Waals surface area contributed by atoms with E-state index in [0.717, 1.165) is 12.8 Å². The van der Waals surface area contributed by atoms with Crippen molar-refractivity contribution in [1.29, 1.82) is 0 Å². The summed E-state index contributed by atoms with van der Waals surface area (Å²) in [6.45, 7) is 0. The van der Waals surface area contributed by atoms with Crippen LogP contribution in [0.3, 0.4) is 0 Å². The van der Waals surface area contributed by atoms with E-state index < -0.39 is 42.6 Å². The Morgan fingerprint density at radius 1 is 1.00 bits per heavy atom. The van der Waals surface area contributed by atoms with Crippen LogP contribution in [0.4, 0.5) is 0 Å². The second-order valence-electron chi connectivity index (χ2n) is 6.88. The topological polar surface area (TPSA) is 170 Å². The zero-order chi connectivity index (χ0) is 20.8. The van der Waals surface area contributed by atoms with Gasteiger partial charge in [0, 0.05) is 18.1 Å². The molecule has 29 heavy (non-hydrogen) atoms. The number of aliphatic carboxylic acids is 2. The van der Waals surface area contributed by atoms with Crippen molar-refractivity contribution in [2.24, 2.45) is 11.5 Å². The largest absolute Gasteiger partial charge is 2.00 e. The van der Waals surface area contributed by atoms with Crippen LogP contribution in [0.25, 0.3) is 0 Å². The Morgan fingerprint density at radius 3 is 1.79 bits per heavy atom. The number of imide groups is 1. The molecule has 0 spiro atoms. The summed E-state index contributed by atoms with van der Waals surface area (Å²) in [5, 5.41) is 21.5. The summed E-state index contributed by atoms with van der Waals surface area (Å²) >= 11 is 0. The SMILES string of the molecule is N[C@@H]1CCCC[C@H]1N.O=C([O-])CCC(C(=O)[O-])N1C(=O)c2ccccc2C1=O.[Pt+2]. The monoisotopic (exact) mass is 584 g/mol. The predicted octanol–water partition coefficient (Wildman–Crippen LogP) is -1.86. The summed E-state index contributed by atoms with van der Waals surface area (Å²) < 4.78 is 0. The van der Waals surface area contributed by atoms with Crippen molar-refractivity contribution in [2.75, 3.05) is 0 Å². The van der Waals surface area contributed by atoms with Gasteiger partial charge in [0.05, 0.1) is 23.1 Å². The van der Waals surface area contributed by atoms with Crippen molar-refractivity contribution >= 4 is 23.8 Å². The quantitative estimate of drug-likeness (QED) is 0.380. The number of carbonyl (C=O) groups is 4. The van der Waals surface area contributed by atoms with E-state index in [0.29, 0.717) is 4.90 Å². The van der Waals surface area contributed by atoms with Crippen LogP contribution in [0, 0.1) is 0 Å². The van der Waals surface area contributed by atoms with E-state index in [4.69, 9.17) is 11.5 Å². The zero-order valence-corrected chi connectivity index (χ0v) is 17.9. The molecule has 1 saturated carbocycles. The first-order valence-corrected chi connectivity index (χ1v) is 9.12. The molecule has 10 heteroatoms. The third kappa shape index (κ3) is 6.19. The van der Waals surface area contributed by atoms with Gasteiger partial charge in [0.2, 0.25) is 0 Å². The summed E-state index contributed by atoms with van der Waals surface area (Å²) in [5.74, 6) is -4.68. The van der Waals surface area contributed by atoms with Gasteiger partial charge in [-0.2, -0.15) is 0 Å². The molecule has 0 bridgehead atoms. The summed E-state index contributed by atoms with van der Waals surface area (Å²) in [7, 11) is 0. The average molecular weight is 584 g/mol. The van der Waals surface area contributed by atoms with Gasteiger partial charge < -0.3 is 31.3 Å². The molecule has 0 aromatic heterocycles. The van der Waals surface area contributed by atoms with Gasteiger partial charge in [-0.3, -0.25) is 14.5 Å². The Kier molecular flexibility index (Phi) is 9.62. The molecular weight excluding hydrogens is 561 g/mol. The summed E-state index contributed by atoms with van der Waals surface area (Å²) in [6, 6.07) is 4.83. The van der Waals surface area contributed by atoms with Crippen LogP contribution in [0.2, 0.25) is 0 Å². The van der Waals surface area contributed by atoms with E-state index in [1.54, 1.807) is 12.1 Å². The molecule has 1 aromatic carbocycles. The van der Waals surface area contributed by atoms with E-state index in [2.05, 4.69) is 0 Å². The summed E-state index contributed by atoms with van der Waals surface area (Å²) in [5.41, 5.74) is 11.5. The maximum absolute atomic E-state index is 12.0. The van der Waals surface area contributed by atoms with Gasteiger partial charge in [-0.05, 0) is 37.8 Å². The van der Waals surface area contributed by atoms with Crippen LogP contribution in [0.1, 0.15) is 59.2 Å². The Bertz CT molecular complexity index is 727. The maximum atomic E-state index is 12.0. The molecule has 4 N–H and O–H groups in total. The van der Waals surface area contributed by atoms with Crippen LogP contribution in [0.15, 0.2) is 24.3 Å². The van der Waals surface area contributed by atoms with Crippen molar-refractivity contribution in [3.05, 3.63) is 35.4 Å². The van der Waals surface area contributed by atoms with E-state index >= 15 is 0 Å². The normalized spacial score (nSPS) is 21.4.